The molecule has 1 aromatic carbocycles. The molecule has 0 amide bonds. The fraction of sp³-hybridized carbons (Fsp3) is 0.238. The van der Waals surface area contributed by atoms with E-state index in [4.69, 9.17) is 9.51 Å². The molecule has 3 heterocycles. The summed E-state index contributed by atoms with van der Waals surface area (Å²) in [4.78, 5) is 6.22. The van der Waals surface area contributed by atoms with Crippen molar-refractivity contribution in [3.05, 3.63) is 64.8 Å². The van der Waals surface area contributed by atoms with Crippen LogP contribution < -0.4 is 0 Å². The van der Waals surface area contributed by atoms with Gasteiger partial charge in [-0.2, -0.15) is 4.98 Å². The third-order valence-corrected chi connectivity index (χ3v) is 6.25. The first-order chi connectivity index (χ1) is 12.8. The van der Waals surface area contributed by atoms with Crippen LogP contribution >= 0.6 is 11.3 Å². The zero-order valence-corrected chi connectivity index (χ0v) is 15.4. The van der Waals surface area contributed by atoms with Crippen molar-refractivity contribution in [3.8, 4) is 27.8 Å². The van der Waals surface area contributed by atoms with Crippen LogP contribution in [0.3, 0.4) is 0 Å². The Morgan fingerprint density at radius 3 is 2.62 bits per heavy atom. The van der Waals surface area contributed by atoms with Gasteiger partial charge in [-0.3, -0.25) is 0 Å². The van der Waals surface area contributed by atoms with Crippen molar-refractivity contribution >= 4 is 11.3 Å². The topological polar surface area (TPSA) is 43.9 Å². The first-order valence-electron chi connectivity index (χ1n) is 8.98. The van der Waals surface area contributed by atoms with Crippen LogP contribution in [0.5, 0.6) is 0 Å². The first kappa shape index (κ1) is 15.6. The third kappa shape index (κ3) is 2.59. The molecule has 4 aromatic rings. The molecule has 0 saturated carbocycles. The van der Waals surface area contributed by atoms with Crippen LogP contribution in [-0.2, 0) is 12.8 Å². The molecular weight excluding hydrogens is 342 g/mol. The highest BCUT2D eigenvalue weighted by molar-refractivity contribution is 7.15. The number of hydrogen-bond donors (Lipinski definition) is 0. The zero-order chi connectivity index (χ0) is 17.5. The van der Waals surface area contributed by atoms with Crippen LogP contribution in [-0.4, -0.2) is 14.7 Å². The van der Waals surface area contributed by atoms with Crippen molar-refractivity contribution in [3.63, 3.8) is 0 Å². The molecular formula is C21H19N3OS. The molecule has 26 heavy (non-hydrogen) atoms. The summed E-state index contributed by atoms with van der Waals surface area (Å²) in [5.74, 6) is 1.28. The van der Waals surface area contributed by atoms with Crippen molar-refractivity contribution in [1.29, 1.82) is 0 Å². The van der Waals surface area contributed by atoms with Crippen LogP contribution in [0.25, 0.3) is 27.8 Å². The highest BCUT2D eigenvalue weighted by Gasteiger charge is 2.26. The van der Waals surface area contributed by atoms with Gasteiger partial charge in [0.2, 0.25) is 5.82 Å². The zero-order valence-electron chi connectivity index (χ0n) is 14.6. The van der Waals surface area contributed by atoms with E-state index in [1.54, 1.807) is 0 Å². The molecule has 0 unspecified atom stereocenters. The molecule has 0 atom stereocenters. The minimum Gasteiger partial charge on any atom is -0.334 e. The van der Waals surface area contributed by atoms with Gasteiger partial charge >= 0.3 is 0 Å². The summed E-state index contributed by atoms with van der Waals surface area (Å²) >= 11 is 1.86. The number of rotatable bonds is 3. The molecule has 1 aliphatic rings. The SMILES string of the molecule is Cc1ccc(-c2nc(-c3c(-n4cccc4)sc4c3CCCC4)no2)cc1. The Balaban J connectivity index is 1.64. The second-order valence-corrected chi connectivity index (χ2v) is 7.85. The maximum atomic E-state index is 5.61. The third-order valence-electron chi connectivity index (χ3n) is 4.94. The molecule has 130 valence electrons. The lowest BCUT2D eigenvalue weighted by Gasteiger charge is -2.11. The normalized spacial score (nSPS) is 13.7. The van der Waals surface area contributed by atoms with Crippen molar-refractivity contribution in [1.82, 2.24) is 14.7 Å². The van der Waals surface area contributed by atoms with Gasteiger partial charge in [-0.1, -0.05) is 22.9 Å². The largest absolute Gasteiger partial charge is 0.334 e. The van der Waals surface area contributed by atoms with Gasteiger partial charge in [0.15, 0.2) is 0 Å². The number of hydrogen-bond acceptors (Lipinski definition) is 4. The summed E-state index contributed by atoms with van der Waals surface area (Å²) in [7, 11) is 0. The number of nitrogens with zero attached hydrogens (tertiary/aromatic N) is 3. The number of aryl methyl sites for hydroxylation is 2. The van der Waals surface area contributed by atoms with Gasteiger partial charge in [0, 0.05) is 22.8 Å². The summed E-state index contributed by atoms with van der Waals surface area (Å²) < 4.78 is 7.78. The smallest absolute Gasteiger partial charge is 0.258 e. The Labute approximate surface area is 156 Å². The van der Waals surface area contributed by atoms with Crippen molar-refractivity contribution < 1.29 is 4.52 Å². The molecule has 0 radical (unpaired) electrons. The van der Waals surface area contributed by atoms with E-state index < -0.39 is 0 Å². The minimum atomic E-state index is 0.578. The Morgan fingerprint density at radius 1 is 1.04 bits per heavy atom. The van der Waals surface area contributed by atoms with Gasteiger partial charge in [-0.05, 0) is 62.4 Å². The molecule has 3 aromatic heterocycles. The Hall–Kier alpha value is -2.66. The van der Waals surface area contributed by atoms with Crippen LogP contribution in [0, 0.1) is 6.92 Å². The monoisotopic (exact) mass is 361 g/mol. The number of aromatic nitrogens is 3. The van der Waals surface area contributed by atoms with Crippen LogP contribution in [0.15, 0.2) is 53.3 Å². The lowest BCUT2D eigenvalue weighted by Crippen LogP contribution is -2.00. The van der Waals surface area contributed by atoms with Crippen molar-refractivity contribution in [2.24, 2.45) is 0 Å². The summed E-state index contributed by atoms with van der Waals surface area (Å²) in [5.41, 5.74) is 4.72. The lowest BCUT2D eigenvalue weighted by atomic mass is 9.95. The molecule has 5 heteroatoms. The van der Waals surface area contributed by atoms with Gasteiger partial charge in [0.05, 0.1) is 5.56 Å². The molecule has 0 N–H and O–H groups in total. The maximum absolute atomic E-state index is 5.61. The Bertz CT molecular complexity index is 1040. The van der Waals surface area contributed by atoms with Gasteiger partial charge < -0.3 is 9.09 Å². The molecule has 0 bridgehead atoms. The van der Waals surface area contributed by atoms with E-state index in [-0.39, 0.29) is 0 Å². The van der Waals surface area contributed by atoms with Gasteiger partial charge in [0.25, 0.3) is 5.89 Å². The molecule has 4 nitrogen and oxygen atoms in total. The molecule has 5 rings (SSSR count). The minimum absolute atomic E-state index is 0.578. The molecule has 0 aliphatic heterocycles. The van der Waals surface area contributed by atoms with Crippen LogP contribution in [0.4, 0.5) is 0 Å². The standard InChI is InChI=1S/C21H19N3OS/c1-14-8-10-15(11-9-14)20-22-19(23-25-20)18-16-6-2-3-7-17(16)26-21(18)24-12-4-5-13-24/h4-5,8-13H,2-3,6-7H2,1H3. The first-order valence-corrected chi connectivity index (χ1v) is 9.80. The van der Waals surface area contributed by atoms with E-state index in [1.165, 1.54) is 33.8 Å². The van der Waals surface area contributed by atoms with E-state index in [1.807, 2.05) is 23.5 Å². The predicted octanol–water partition coefficient (Wildman–Crippen LogP) is 5.44. The van der Waals surface area contributed by atoms with Gasteiger partial charge in [-0.25, -0.2) is 0 Å². The lowest BCUT2D eigenvalue weighted by molar-refractivity contribution is 0.432. The van der Waals surface area contributed by atoms with E-state index in [2.05, 4.69) is 53.3 Å². The molecule has 0 spiro atoms. The van der Waals surface area contributed by atoms with Gasteiger partial charge in [0.1, 0.15) is 5.00 Å². The quantitative estimate of drug-likeness (QED) is 0.488. The van der Waals surface area contributed by atoms with Crippen LogP contribution in [0.1, 0.15) is 28.8 Å². The Kier molecular flexibility index (Phi) is 3.75. The molecule has 0 fully saturated rings. The summed E-state index contributed by atoms with van der Waals surface area (Å²) in [6, 6.07) is 12.3. The fourth-order valence-electron chi connectivity index (χ4n) is 3.57. The van der Waals surface area contributed by atoms with E-state index in [0.29, 0.717) is 11.7 Å². The molecule has 1 aliphatic carbocycles. The van der Waals surface area contributed by atoms with E-state index >= 15 is 0 Å². The highest BCUT2D eigenvalue weighted by atomic mass is 32.1. The molecule has 0 saturated heterocycles. The summed E-state index contributed by atoms with van der Waals surface area (Å²) in [5, 5.41) is 5.54. The summed E-state index contributed by atoms with van der Waals surface area (Å²) in [6.45, 7) is 2.07. The number of benzene rings is 1. The second-order valence-electron chi connectivity index (χ2n) is 6.77. The number of thiophene rings is 1. The van der Waals surface area contributed by atoms with E-state index in [9.17, 15) is 0 Å². The fourth-order valence-corrected chi connectivity index (χ4v) is 4.92. The van der Waals surface area contributed by atoms with Crippen molar-refractivity contribution in [2.45, 2.75) is 32.6 Å². The van der Waals surface area contributed by atoms with Gasteiger partial charge in [-0.15, -0.1) is 11.3 Å². The van der Waals surface area contributed by atoms with Crippen molar-refractivity contribution in [2.75, 3.05) is 0 Å². The van der Waals surface area contributed by atoms with Crippen LogP contribution in [0.2, 0.25) is 0 Å². The predicted molar refractivity (Wildman–Crippen MR) is 104 cm³/mol. The summed E-state index contributed by atoms with van der Waals surface area (Å²) in [6.07, 6.45) is 8.90. The average Bonchev–Trinajstić information content (AvgIpc) is 3.40. The second kappa shape index (κ2) is 6.25. The number of fused-ring (bicyclic) bond motifs is 1. The highest BCUT2D eigenvalue weighted by Crippen LogP contribution is 2.42. The van der Waals surface area contributed by atoms with E-state index in [0.717, 1.165) is 24.0 Å². The average molecular weight is 361 g/mol. The maximum Gasteiger partial charge on any atom is 0.258 e. The Morgan fingerprint density at radius 2 is 1.81 bits per heavy atom.